The minimum Gasteiger partial charge on any atom is -0.477 e. The lowest BCUT2D eigenvalue weighted by Crippen LogP contribution is -2.12. The second-order valence-corrected chi connectivity index (χ2v) is 4.92. The molecule has 0 saturated heterocycles. The summed E-state index contributed by atoms with van der Waals surface area (Å²) >= 11 is 1.14. The Morgan fingerprint density at radius 2 is 1.85 bits per heavy atom. The zero-order chi connectivity index (χ0) is 14.9. The lowest BCUT2D eigenvalue weighted by molar-refractivity contribution is 0.0680. The largest absolute Gasteiger partial charge is 0.477 e. The fourth-order valence-electron chi connectivity index (χ4n) is 1.62. The summed E-state index contributed by atoms with van der Waals surface area (Å²) in [5.74, 6) is -2.27. The van der Waals surface area contributed by atoms with Crippen molar-refractivity contribution in [2.24, 2.45) is 5.73 Å². The molecule has 7 nitrogen and oxygen atoms in total. The van der Waals surface area contributed by atoms with Crippen LogP contribution >= 0.6 is 11.3 Å². The average Bonchev–Trinajstić information content (AvgIpc) is 2.87. The van der Waals surface area contributed by atoms with Crippen LogP contribution in [-0.4, -0.2) is 32.1 Å². The van der Waals surface area contributed by atoms with E-state index in [0.29, 0.717) is 16.3 Å². The van der Waals surface area contributed by atoms with Crippen LogP contribution in [0.3, 0.4) is 0 Å². The number of rotatable bonds is 4. The van der Waals surface area contributed by atoms with Crippen LogP contribution in [0, 0.1) is 0 Å². The van der Waals surface area contributed by atoms with Gasteiger partial charge in [0.1, 0.15) is 10.7 Å². The van der Waals surface area contributed by atoms with Gasteiger partial charge in [0, 0.05) is 17.0 Å². The number of carboxylic acids is 2. The van der Waals surface area contributed by atoms with Crippen LogP contribution in [0.5, 0.6) is 0 Å². The van der Waals surface area contributed by atoms with Gasteiger partial charge in [-0.05, 0) is 19.1 Å². The van der Waals surface area contributed by atoms with Crippen LogP contribution in [0.15, 0.2) is 17.5 Å². The van der Waals surface area contributed by atoms with Crippen LogP contribution in [-0.2, 0) is 0 Å². The van der Waals surface area contributed by atoms with Gasteiger partial charge in [0.2, 0.25) is 0 Å². The van der Waals surface area contributed by atoms with Gasteiger partial charge in [0.05, 0.1) is 5.69 Å². The quantitative estimate of drug-likeness (QED) is 0.781. The molecular formula is C12H11N3O4S. The van der Waals surface area contributed by atoms with Crippen molar-refractivity contribution in [3.05, 3.63) is 34.6 Å². The number of aromatic carboxylic acids is 2. The predicted octanol–water partition coefficient (Wildman–Crippen LogP) is 1.62. The maximum Gasteiger partial charge on any atom is 0.355 e. The number of hydrogen-bond acceptors (Lipinski definition) is 6. The fourth-order valence-corrected chi connectivity index (χ4v) is 2.45. The van der Waals surface area contributed by atoms with E-state index in [1.54, 1.807) is 13.0 Å². The summed E-state index contributed by atoms with van der Waals surface area (Å²) < 4.78 is 0. The fraction of sp³-hybridized carbons (Fsp3) is 0.167. The molecule has 0 amide bonds. The van der Waals surface area contributed by atoms with Gasteiger partial charge in [-0.3, -0.25) is 0 Å². The molecule has 1 unspecified atom stereocenters. The lowest BCUT2D eigenvalue weighted by atomic mass is 10.1. The number of nitrogens with two attached hydrogens (primary N) is 1. The smallest absolute Gasteiger partial charge is 0.355 e. The Kier molecular flexibility index (Phi) is 3.77. The third-order valence-electron chi connectivity index (χ3n) is 2.53. The van der Waals surface area contributed by atoms with Crippen molar-refractivity contribution >= 4 is 23.3 Å². The summed E-state index contributed by atoms with van der Waals surface area (Å²) in [6.45, 7) is 1.67. The summed E-state index contributed by atoms with van der Waals surface area (Å²) in [7, 11) is 0. The Labute approximate surface area is 117 Å². The van der Waals surface area contributed by atoms with E-state index in [2.05, 4.69) is 9.97 Å². The molecule has 0 bridgehead atoms. The first-order chi connectivity index (χ1) is 9.40. The standard InChI is InChI=1S/C12H11N3O4S/c1-5(13)9-6(2-3-7(14-9)11(16)17)10-15-8(4-20-10)12(18)19/h2-5H,13H2,1H3,(H,16,17)(H,18,19). The summed E-state index contributed by atoms with van der Waals surface area (Å²) in [6, 6.07) is 2.38. The lowest BCUT2D eigenvalue weighted by Gasteiger charge is -2.10. The van der Waals surface area contributed by atoms with E-state index in [1.807, 2.05) is 0 Å². The van der Waals surface area contributed by atoms with Crippen molar-refractivity contribution < 1.29 is 19.8 Å². The maximum atomic E-state index is 10.9. The number of thiazole rings is 1. The SMILES string of the molecule is CC(N)c1nc(C(=O)O)ccc1-c1nc(C(=O)O)cs1. The maximum absolute atomic E-state index is 10.9. The van der Waals surface area contributed by atoms with Crippen LogP contribution in [0.4, 0.5) is 0 Å². The predicted molar refractivity (Wildman–Crippen MR) is 71.9 cm³/mol. The zero-order valence-corrected chi connectivity index (χ0v) is 11.2. The highest BCUT2D eigenvalue weighted by Crippen LogP contribution is 2.29. The summed E-state index contributed by atoms with van der Waals surface area (Å²) in [5.41, 5.74) is 6.53. The first-order valence-corrected chi connectivity index (χ1v) is 6.47. The minimum atomic E-state index is -1.15. The summed E-state index contributed by atoms with van der Waals surface area (Å²) in [4.78, 5) is 29.7. The van der Waals surface area contributed by atoms with E-state index in [-0.39, 0.29) is 11.4 Å². The molecule has 0 aliphatic heterocycles. The molecule has 2 rings (SSSR count). The summed E-state index contributed by atoms with van der Waals surface area (Å²) in [5, 5.41) is 19.7. The molecule has 0 aliphatic carbocycles. The highest BCUT2D eigenvalue weighted by molar-refractivity contribution is 7.13. The van der Waals surface area contributed by atoms with Gasteiger partial charge < -0.3 is 15.9 Å². The Bertz CT molecular complexity index is 681. The Morgan fingerprint density at radius 1 is 1.20 bits per heavy atom. The van der Waals surface area contributed by atoms with Crippen molar-refractivity contribution in [3.8, 4) is 10.6 Å². The average molecular weight is 293 g/mol. The normalized spacial score (nSPS) is 12.1. The molecule has 0 fully saturated rings. The van der Waals surface area contributed by atoms with Crippen molar-refractivity contribution in [1.29, 1.82) is 0 Å². The van der Waals surface area contributed by atoms with Crippen molar-refractivity contribution in [1.82, 2.24) is 9.97 Å². The van der Waals surface area contributed by atoms with Crippen molar-refractivity contribution in [3.63, 3.8) is 0 Å². The van der Waals surface area contributed by atoms with Gasteiger partial charge in [-0.1, -0.05) is 0 Å². The number of carboxylic acid groups (broad SMARTS) is 2. The molecular weight excluding hydrogens is 282 g/mol. The van der Waals surface area contributed by atoms with Crippen LogP contribution in [0.25, 0.3) is 10.6 Å². The topological polar surface area (TPSA) is 126 Å². The molecule has 0 aromatic carbocycles. The number of pyridine rings is 1. The molecule has 0 radical (unpaired) electrons. The molecule has 1 atom stereocenters. The van der Waals surface area contributed by atoms with E-state index in [1.165, 1.54) is 11.4 Å². The molecule has 0 saturated carbocycles. The molecule has 20 heavy (non-hydrogen) atoms. The first-order valence-electron chi connectivity index (χ1n) is 5.59. The van der Waals surface area contributed by atoms with Crippen LogP contribution in [0.2, 0.25) is 0 Å². The van der Waals surface area contributed by atoms with E-state index >= 15 is 0 Å². The van der Waals surface area contributed by atoms with E-state index in [9.17, 15) is 9.59 Å². The highest BCUT2D eigenvalue weighted by Gasteiger charge is 2.18. The number of aromatic nitrogens is 2. The molecule has 104 valence electrons. The second-order valence-electron chi connectivity index (χ2n) is 4.07. The number of carbonyl (C=O) groups is 2. The number of nitrogens with zero attached hydrogens (tertiary/aromatic N) is 2. The van der Waals surface area contributed by atoms with Gasteiger partial charge in [-0.25, -0.2) is 19.6 Å². The number of hydrogen-bond donors (Lipinski definition) is 3. The van der Waals surface area contributed by atoms with Gasteiger partial charge in [0.15, 0.2) is 5.69 Å². The van der Waals surface area contributed by atoms with Gasteiger partial charge >= 0.3 is 11.9 Å². The second kappa shape index (κ2) is 5.35. The highest BCUT2D eigenvalue weighted by atomic mass is 32.1. The van der Waals surface area contributed by atoms with Gasteiger partial charge in [-0.2, -0.15) is 0 Å². The van der Waals surface area contributed by atoms with E-state index in [4.69, 9.17) is 15.9 Å². The minimum absolute atomic E-state index is 0.0667. The summed E-state index contributed by atoms with van der Waals surface area (Å²) in [6.07, 6.45) is 0. The van der Waals surface area contributed by atoms with Crippen LogP contribution in [0.1, 0.15) is 39.6 Å². The Hall–Kier alpha value is -2.32. The van der Waals surface area contributed by atoms with Gasteiger partial charge in [-0.15, -0.1) is 11.3 Å². The zero-order valence-electron chi connectivity index (χ0n) is 10.4. The monoisotopic (exact) mass is 293 g/mol. The molecule has 4 N–H and O–H groups in total. The molecule has 2 aromatic heterocycles. The first kappa shape index (κ1) is 14.1. The third kappa shape index (κ3) is 2.65. The van der Waals surface area contributed by atoms with Crippen LogP contribution < -0.4 is 5.73 Å². The Morgan fingerprint density at radius 3 is 2.35 bits per heavy atom. The van der Waals surface area contributed by atoms with E-state index < -0.39 is 18.0 Å². The molecule has 2 heterocycles. The molecule has 8 heteroatoms. The van der Waals surface area contributed by atoms with Crippen molar-refractivity contribution in [2.45, 2.75) is 13.0 Å². The van der Waals surface area contributed by atoms with E-state index in [0.717, 1.165) is 11.3 Å². The third-order valence-corrected chi connectivity index (χ3v) is 3.40. The van der Waals surface area contributed by atoms with Crippen molar-refractivity contribution in [2.75, 3.05) is 0 Å². The van der Waals surface area contributed by atoms with Gasteiger partial charge in [0.25, 0.3) is 0 Å². The Balaban J connectivity index is 2.54. The molecule has 2 aromatic rings. The molecule has 0 spiro atoms. The molecule has 0 aliphatic rings.